The maximum absolute atomic E-state index is 16.6. The molecule has 212 valence electrons. The first-order valence-electron chi connectivity index (χ1n) is 14.1. The Kier molecular flexibility index (Phi) is 8.34. The smallest absolute Gasteiger partial charge is 0.161 e. The molecule has 6 aromatic carbocycles. The summed E-state index contributed by atoms with van der Waals surface area (Å²) in [4.78, 5) is 0. The van der Waals surface area contributed by atoms with Gasteiger partial charge in [-0.2, -0.15) is 0 Å². The lowest BCUT2D eigenvalue weighted by atomic mass is 10.4. The number of hydrogen-bond acceptors (Lipinski definition) is 3. The largest absolute Gasteiger partial charge is 0.312 e. The minimum atomic E-state index is -3.97. The summed E-state index contributed by atoms with van der Waals surface area (Å²) in [6.45, 7) is 0. The number of benzene rings is 6. The Balaban J connectivity index is 1.86. The van der Waals surface area contributed by atoms with E-state index in [0.717, 1.165) is 0 Å². The van der Waals surface area contributed by atoms with Crippen molar-refractivity contribution in [2.45, 2.75) is 5.14 Å². The third-order valence-corrected chi connectivity index (χ3v) is 22.0. The Morgan fingerprint density at radius 1 is 0.256 bits per heavy atom. The molecule has 0 radical (unpaired) electrons. The fourth-order valence-electron chi connectivity index (χ4n) is 5.83. The predicted octanol–water partition coefficient (Wildman–Crippen LogP) is 7.31. The van der Waals surface area contributed by atoms with Gasteiger partial charge in [-0.15, -0.1) is 0 Å². The Bertz CT molecular complexity index is 1570. The molecule has 0 atom stereocenters. The van der Waals surface area contributed by atoms with Crippen LogP contribution in [-0.2, 0) is 13.7 Å². The summed E-state index contributed by atoms with van der Waals surface area (Å²) in [5.41, 5.74) is 0. The molecule has 0 aliphatic carbocycles. The van der Waals surface area contributed by atoms with E-state index in [1.54, 1.807) is 0 Å². The van der Waals surface area contributed by atoms with Crippen LogP contribution in [0.3, 0.4) is 0 Å². The van der Waals surface area contributed by atoms with Gasteiger partial charge >= 0.3 is 0 Å². The molecule has 3 nitrogen and oxygen atoms in total. The fourth-order valence-corrected chi connectivity index (χ4v) is 22.3. The van der Waals surface area contributed by atoms with Gasteiger partial charge in [-0.05, 0) is 0 Å². The zero-order valence-corrected chi connectivity index (χ0v) is 26.1. The van der Waals surface area contributed by atoms with E-state index in [0.29, 0.717) is 31.8 Å². The van der Waals surface area contributed by atoms with Gasteiger partial charge in [0.15, 0.2) is 21.4 Å². The molecule has 43 heavy (non-hydrogen) atoms. The highest BCUT2D eigenvalue weighted by molar-refractivity contribution is 8.09. The third kappa shape index (κ3) is 5.13. The maximum Gasteiger partial charge on any atom is 0.161 e. The van der Waals surface area contributed by atoms with Crippen LogP contribution in [0.1, 0.15) is 0 Å². The van der Waals surface area contributed by atoms with Crippen LogP contribution in [0.5, 0.6) is 0 Å². The lowest BCUT2D eigenvalue weighted by Crippen LogP contribution is -2.37. The standard InChI is InChI=1S/C37H31O3P3/c38-41(31-19-7-1-8-20-31,32-21-9-2-10-22-32)37(42(39,33-23-11-3-12-24-33)34-25-13-4-14-26-34)43(40,35-27-15-5-16-28-35)36-29-17-6-18-30-36/h1-30,37H. The van der Waals surface area contributed by atoms with Gasteiger partial charge in [-0.3, -0.25) is 0 Å². The van der Waals surface area contributed by atoms with E-state index in [9.17, 15) is 0 Å². The molecule has 0 saturated heterocycles. The molecule has 0 aliphatic heterocycles. The van der Waals surface area contributed by atoms with Crippen LogP contribution < -0.4 is 31.8 Å². The highest BCUT2D eigenvalue weighted by Crippen LogP contribution is 2.79. The van der Waals surface area contributed by atoms with Gasteiger partial charge in [-0.1, -0.05) is 182 Å². The molecular weight excluding hydrogens is 585 g/mol. The van der Waals surface area contributed by atoms with Gasteiger partial charge < -0.3 is 13.7 Å². The quantitative estimate of drug-likeness (QED) is 0.160. The van der Waals surface area contributed by atoms with Gasteiger partial charge in [0.1, 0.15) is 5.14 Å². The summed E-state index contributed by atoms with van der Waals surface area (Å²) in [6.07, 6.45) is 0. The van der Waals surface area contributed by atoms with Crippen molar-refractivity contribution < 1.29 is 13.7 Å². The molecule has 0 bridgehead atoms. The monoisotopic (exact) mass is 616 g/mol. The Labute approximate surface area is 253 Å². The van der Waals surface area contributed by atoms with E-state index in [2.05, 4.69) is 0 Å². The van der Waals surface area contributed by atoms with Crippen LogP contribution in [0.4, 0.5) is 0 Å². The first kappa shape index (κ1) is 29.1. The molecular formula is C37H31O3P3. The average molecular weight is 617 g/mol. The van der Waals surface area contributed by atoms with Crippen LogP contribution >= 0.6 is 21.4 Å². The van der Waals surface area contributed by atoms with Crippen LogP contribution in [-0.4, -0.2) is 5.14 Å². The number of rotatable bonds is 9. The van der Waals surface area contributed by atoms with E-state index in [4.69, 9.17) is 0 Å². The van der Waals surface area contributed by atoms with Crippen LogP contribution in [0.2, 0.25) is 0 Å². The van der Waals surface area contributed by atoms with Crippen molar-refractivity contribution in [1.29, 1.82) is 0 Å². The molecule has 0 fully saturated rings. The SMILES string of the molecule is O=P(c1ccccc1)(c1ccccc1)C(P(=O)(c1ccccc1)c1ccccc1)P(=O)(c1ccccc1)c1ccccc1. The van der Waals surface area contributed by atoms with E-state index in [1.165, 1.54) is 0 Å². The lowest BCUT2D eigenvalue weighted by Gasteiger charge is -2.40. The van der Waals surface area contributed by atoms with Crippen molar-refractivity contribution in [1.82, 2.24) is 0 Å². The first-order valence-corrected chi connectivity index (χ1v) is 19.5. The molecule has 0 N–H and O–H groups in total. The lowest BCUT2D eigenvalue weighted by molar-refractivity contribution is 0.572. The van der Waals surface area contributed by atoms with Gasteiger partial charge in [0, 0.05) is 31.8 Å². The number of hydrogen-bond donors (Lipinski definition) is 0. The first-order chi connectivity index (χ1) is 21.0. The topological polar surface area (TPSA) is 51.2 Å². The molecule has 6 rings (SSSR count). The van der Waals surface area contributed by atoms with Crippen molar-refractivity contribution in [2.24, 2.45) is 0 Å². The minimum absolute atomic E-state index is 0.519. The second kappa shape index (κ2) is 12.3. The predicted molar refractivity (Wildman–Crippen MR) is 183 cm³/mol. The van der Waals surface area contributed by atoms with Crippen molar-refractivity contribution >= 4 is 53.3 Å². The molecule has 0 spiro atoms. The van der Waals surface area contributed by atoms with Crippen LogP contribution in [0, 0.1) is 0 Å². The summed E-state index contributed by atoms with van der Waals surface area (Å²) < 4.78 is 49.7. The molecule has 0 aromatic heterocycles. The van der Waals surface area contributed by atoms with Crippen molar-refractivity contribution in [3.8, 4) is 0 Å². The summed E-state index contributed by atoms with van der Waals surface area (Å²) in [7, 11) is -11.9. The summed E-state index contributed by atoms with van der Waals surface area (Å²) in [6, 6.07) is 55.2. The van der Waals surface area contributed by atoms with E-state index >= 15 is 13.7 Å². The van der Waals surface area contributed by atoms with Crippen molar-refractivity contribution in [3.63, 3.8) is 0 Å². The molecule has 0 saturated carbocycles. The molecule has 0 amide bonds. The highest BCUT2D eigenvalue weighted by atomic mass is 31.3. The Morgan fingerprint density at radius 3 is 0.535 bits per heavy atom. The summed E-state index contributed by atoms with van der Waals surface area (Å²) in [5.74, 6) is 0. The summed E-state index contributed by atoms with van der Waals surface area (Å²) >= 11 is 0. The normalized spacial score (nSPS) is 12.2. The van der Waals surface area contributed by atoms with Gasteiger partial charge in [0.05, 0.1) is 0 Å². The van der Waals surface area contributed by atoms with Crippen molar-refractivity contribution in [2.75, 3.05) is 0 Å². The second-order valence-corrected chi connectivity index (χ2v) is 20.2. The molecule has 6 heteroatoms. The Morgan fingerprint density at radius 2 is 0.395 bits per heavy atom. The average Bonchev–Trinajstić information content (AvgIpc) is 3.10. The van der Waals surface area contributed by atoms with E-state index < -0.39 is 26.6 Å². The van der Waals surface area contributed by atoms with Crippen LogP contribution in [0.25, 0.3) is 0 Å². The van der Waals surface area contributed by atoms with Crippen molar-refractivity contribution in [3.05, 3.63) is 182 Å². The molecule has 0 heterocycles. The molecule has 6 aromatic rings. The minimum Gasteiger partial charge on any atom is -0.312 e. The maximum atomic E-state index is 16.6. The zero-order chi connectivity index (χ0) is 29.8. The highest BCUT2D eigenvalue weighted by Gasteiger charge is 2.59. The zero-order valence-electron chi connectivity index (χ0n) is 23.5. The fraction of sp³-hybridized carbons (Fsp3) is 0.0270. The van der Waals surface area contributed by atoms with E-state index in [-0.39, 0.29) is 0 Å². The Hall–Kier alpha value is -3.99. The van der Waals surface area contributed by atoms with Gasteiger partial charge in [0.2, 0.25) is 0 Å². The second-order valence-electron chi connectivity index (χ2n) is 10.3. The molecule has 0 aliphatic rings. The van der Waals surface area contributed by atoms with E-state index in [1.807, 2.05) is 182 Å². The molecule has 0 unspecified atom stereocenters. The van der Waals surface area contributed by atoms with Gasteiger partial charge in [0.25, 0.3) is 0 Å². The van der Waals surface area contributed by atoms with Crippen LogP contribution in [0.15, 0.2) is 182 Å². The third-order valence-electron chi connectivity index (χ3n) is 7.81. The summed E-state index contributed by atoms with van der Waals surface area (Å²) in [5, 5.41) is 1.80. The van der Waals surface area contributed by atoms with Gasteiger partial charge in [-0.25, -0.2) is 0 Å².